The van der Waals surface area contributed by atoms with Crippen LogP contribution in [0.15, 0.2) is 78.9 Å². The number of rotatable bonds is 16. The molecular formula is C32H40ClN3O5S. The summed E-state index contributed by atoms with van der Waals surface area (Å²) in [5, 5.41) is 3.54. The Hall–Kier alpha value is -3.56. The number of carbonyl (C=O) groups excluding carboxylic acids is 2. The number of nitrogens with zero attached hydrogens (tertiary/aromatic N) is 2. The molecule has 1 N–H and O–H groups in total. The molecule has 0 saturated heterocycles. The third-order valence-electron chi connectivity index (χ3n) is 6.85. The molecule has 0 bridgehead atoms. The van der Waals surface area contributed by atoms with Crippen LogP contribution >= 0.6 is 11.6 Å². The Balaban J connectivity index is 1.89. The van der Waals surface area contributed by atoms with Crippen molar-refractivity contribution in [1.29, 1.82) is 0 Å². The van der Waals surface area contributed by atoms with Crippen LogP contribution < -0.4 is 14.4 Å². The number of amides is 2. The fraction of sp³-hybridized carbons (Fsp3) is 0.375. The lowest BCUT2D eigenvalue weighted by Crippen LogP contribution is -2.50. The van der Waals surface area contributed by atoms with Crippen LogP contribution in [0.4, 0.5) is 5.69 Å². The molecule has 0 spiro atoms. The van der Waals surface area contributed by atoms with Crippen molar-refractivity contribution in [2.75, 3.05) is 30.8 Å². The van der Waals surface area contributed by atoms with Gasteiger partial charge >= 0.3 is 0 Å². The molecule has 2 amide bonds. The normalized spacial score (nSPS) is 11.9. The number of para-hydroxylation sites is 2. The number of benzene rings is 3. The highest BCUT2D eigenvalue weighted by Crippen LogP contribution is 2.30. The summed E-state index contributed by atoms with van der Waals surface area (Å²) in [6, 6.07) is 22.9. The second-order valence-corrected chi connectivity index (χ2v) is 12.5. The van der Waals surface area contributed by atoms with Crippen LogP contribution in [0.1, 0.15) is 43.7 Å². The van der Waals surface area contributed by atoms with Gasteiger partial charge in [0.15, 0.2) is 0 Å². The number of unbranched alkanes of at least 4 members (excludes halogenated alkanes) is 1. The first-order valence-corrected chi connectivity index (χ1v) is 16.3. The SMILES string of the molecule is CCCCNC(=O)[C@H](Cc1ccccc1)N(Cc1cccc(Cl)c1)C(=O)CCCN(c1ccccc1OC)S(C)(=O)=O. The summed E-state index contributed by atoms with van der Waals surface area (Å²) in [7, 11) is -2.17. The van der Waals surface area contributed by atoms with Crippen molar-refractivity contribution in [2.24, 2.45) is 0 Å². The van der Waals surface area contributed by atoms with E-state index in [2.05, 4.69) is 5.32 Å². The molecule has 0 fully saturated rings. The van der Waals surface area contributed by atoms with Crippen molar-refractivity contribution in [2.45, 2.75) is 51.6 Å². The summed E-state index contributed by atoms with van der Waals surface area (Å²) in [6.07, 6.45) is 3.50. The number of nitrogens with one attached hydrogen (secondary N) is 1. The summed E-state index contributed by atoms with van der Waals surface area (Å²) >= 11 is 6.25. The zero-order valence-corrected chi connectivity index (χ0v) is 26.0. The summed E-state index contributed by atoms with van der Waals surface area (Å²) in [4.78, 5) is 29.1. The molecule has 10 heteroatoms. The van der Waals surface area contributed by atoms with E-state index in [9.17, 15) is 18.0 Å². The molecular weight excluding hydrogens is 574 g/mol. The lowest BCUT2D eigenvalue weighted by atomic mass is 10.0. The van der Waals surface area contributed by atoms with Gasteiger partial charge in [0.05, 0.1) is 19.1 Å². The molecule has 0 aliphatic heterocycles. The van der Waals surface area contributed by atoms with Crippen LogP contribution in [-0.4, -0.2) is 57.6 Å². The smallest absolute Gasteiger partial charge is 0.243 e. The average molecular weight is 614 g/mol. The second kappa shape index (κ2) is 16.2. The van der Waals surface area contributed by atoms with Gasteiger partial charge in [0.2, 0.25) is 21.8 Å². The van der Waals surface area contributed by atoms with Gasteiger partial charge in [-0.25, -0.2) is 8.42 Å². The molecule has 0 aliphatic rings. The summed E-state index contributed by atoms with van der Waals surface area (Å²) < 4.78 is 32.1. The fourth-order valence-electron chi connectivity index (χ4n) is 4.71. The van der Waals surface area contributed by atoms with Crippen molar-refractivity contribution in [3.05, 3.63) is 95.0 Å². The molecule has 0 saturated carbocycles. The number of halogens is 1. The average Bonchev–Trinajstić information content (AvgIpc) is 2.97. The predicted molar refractivity (Wildman–Crippen MR) is 168 cm³/mol. The van der Waals surface area contributed by atoms with Crippen LogP contribution in [0.5, 0.6) is 5.75 Å². The standard InChI is InChI=1S/C32H40ClN3O5S/c1-4-5-20-34-32(38)29(23-25-13-7-6-8-14-25)35(24-26-15-11-16-27(33)22-26)31(37)19-12-21-36(42(3,39)40)28-17-9-10-18-30(28)41-2/h6-11,13-18,22,29H,4-5,12,19-21,23-24H2,1-3H3,(H,34,38)/t29-/m0/s1. The van der Waals surface area contributed by atoms with E-state index >= 15 is 0 Å². The Bertz CT molecular complexity index is 1420. The van der Waals surface area contributed by atoms with E-state index in [1.807, 2.05) is 49.4 Å². The van der Waals surface area contributed by atoms with Crippen LogP contribution in [0.3, 0.4) is 0 Å². The predicted octanol–water partition coefficient (Wildman–Crippen LogP) is 5.45. The van der Waals surface area contributed by atoms with Gasteiger partial charge < -0.3 is 15.0 Å². The number of methoxy groups -OCH3 is 1. The molecule has 0 heterocycles. The van der Waals surface area contributed by atoms with E-state index < -0.39 is 16.1 Å². The first kappa shape index (κ1) is 32.9. The molecule has 3 aromatic rings. The number of hydrogen-bond donors (Lipinski definition) is 1. The molecule has 3 rings (SSSR count). The van der Waals surface area contributed by atoms with Crippen molar-refractivity contribution in [3.63, 3.8) is 0 Å². The Kier molecular flexibility index (Phi) is 12.7. The number of anilines is 1. The topological polar surface area (TPSA) is 96.0 Å². The van der Waals surface area contributed by atoms with Gasteiger partial charge in [-0.3, -0.25) is 13.9 Å². The Labute approximate surface area is 254 Å². The van der Waals surface area contributed by atoms with E-state index in [4.69, 9.17) is 16.3 Å². The lowest BCUT2D eigenvalue weighted by Gasteiger charge is -2.32. The molecule has 0 radical (unpaired) electrons. The number of hydrogen-bond acceptors (Lipinski definition) is 5. The van der Waals surface area contributed by atoms with E-state index in [0.29, 0.717) is 29.4 Å². The molecule has 0 aliphatic carbocycles. The second-order valence-electron chi connectivity index (χ2n) is 10.1. The van der Waals surface area contributed by atoms with Gasteiger partial charge in [-0.2, -0.15) is 0 Å². The molecule has 8 nitrogen and oxygen atoms in total. The minimum atomic E-state index is -3.66. The number of sulfonamides is 1. The zero-order valence-electron chi connectivity index (χ0n) is 24.5. The molecule has 42 heavy (non-hydrogen) atoms. The minimum absolute atomic E-state index is 0.0370. The first-order chi connectivity index (χ1) is 20.1. The maximum absolute atomic E-state index is 13.9. The quantitative estimate of drug-likeness (QED) is 0.217. The van der Waals surface area contributed by atoms with Crippen LogP contribution in [-0.2, 0) is 32.6 Å². The van der Waals surface area contributed by atoms with Crippen molar-refractivity contribution >= 4 is 39.1 Å². The molecule has 1 atom stereocenters. The van der Waals surface area contributed by atoms with Gasteiger partial charge in [0, 0.05) is 37.5 Å². The monoisotopic (exact) mass is 613 g/mol. The van der Waals surface area contributed by atoms with Gasteiger partial charge in [0.1, 0.15) is 11.8 Å². The first-order valence-electron chi connectivity index (χ1n) is 14.1. The van der Waals surface area contributed by atoms with Gasteiger partial charge in [-0.1, -0.05) is 79.5 Å². The van der Waals surface area contributed by atoms with Gasteiger partial charge in [0.25, 0.3) is 0 Å². The minimum Gasteiger partial charge on any atom is -0.495 e. The van der Waals surface area contributed by atoms with Crippen molar-refractivity contribution in [1.82, 2.24) is 10.2 Å². The maximum atomic E-state index is 13.9. The fourth-order valence-corrected chi connectivity index (χ4v) is 5.89. The van der Waals surface area contributed by atoms with Crippen molar-refractivity contribution < 1.29 is 22.7 Å². The highest BCUT2D eigenvalue weighted by molar-refractivity contribution is 7.92. The third kappa shape index (κ3) is 9.77. The highest BCUT2D eigenvalue weighted by atomic mass is 35.5. The van der Waals surface area contributed by atoms with Crippen molar-refractivity contribution in [3.8, 4) is 5.75 Å². The largest absolute Gasteiger partial charge is 0.495 e. The lowest BCUT2D eigenvalue weighted by molar-refractivity contribution is -0.141. The Morgan fingerprint density at radius 1 is 0.952 bits per heavy atom. The Morgan fingerprint density at radius 3 is 2.31 bits per heavy atom. The molecule has 226 valence electrons. The molecule has 3 aromatic carbocycles. The Morgan fingerprint density at radius 2 is 1.64 bits per heavy atom. The van der Waals surface area contributed by atoms with E-state index in [0.717, 1.165) is 30.2 Å². The third-order valence-corrected chi connectivity index (χ3v) is 8.26. The molecule has 0 aromatic heterocycles. The van der Waals surface area contributed by atoms with E-state index in [-0.39, 0.29) is 37.7 Å². The summed E-state index contributed by atoms with van der Waals surface area (Å²) in [5.41, 5.74) is 2.13. The highest BCUT2D eigenvalue weighted by Gasteiger charge is 2.30. The molecule has 0 unspecified atom stereocenters. The zero-order chi connectivity index (χ0) is 30.5. The number of carbonyl (C=O) groups is 2. The van der Waals surface area contributed by atoms with Crippen LogP contribution in [0.25, 0.3) is 0 Å². The van der Waals surface area contributed by atoms with Gasteiger partial charge in [-0.15, -0.1) is 0 Å². The van der Waals surface area contributed by atoms with E-state index in [1.165, 1.54) is 11.4 Å². The van der Waals surface area contributed by atoms with Gasteiger partial charge in [-0.05, 0) is 48.2 Å². The van der Waals surface area contributed by atoms with Crippen LogP contribution in [0, 0.1) is 0 Å². The summed E-state index contributed by atoms with van der Waals surface area (Å²) in [6.45, 7) is 2.82. The number of ether oxygens (including phenoxy) is 1. The van der Waals surface area contributed by atoms with E-state index in [1.54, 1.807) is 41.3 Å². The summed E-state index contributed by atoms with van der Waals surface area (Å²) in [5.74, 6) is -0.0620. The maximum Gasteiger partial charge on any atom is 0.243 e. The van der Waals surface area contributed by atoms with Crippen LogP contribution in [0.2, 0.25) is 5.02 Å².